The largest absolute Gasteiger partial charge is 0.504 e. The number of carbonyl (C=O) groups excluding carboxylic acids is 4. The molecule has 11 heteroatoms. The summed E-state index contributed by atoms with van der Waals surface area (Å²) >= 11 is 20.3. The zero-order valence-corrected chi connectivity index (χ0v) is 23.1. The maximum absolute atomic E-state index is 13.9. The Morgan fingerprint density at radius 3 is 2.33 bits per heavy atom. The van der Waals surface area contributed by atoms with Crippen molar-refractivity contribution in [2.75, 3.05) is 19.1 Å². The number of allylic oxidation sites excluding steroid dienone is 2. The van der Waals surface area contributed by atoms with Crippen LogP contribution >= 0.6 is 34.8 Å². The summed E-state index contributed by atoms with van der Waals surface area (Å²) in [6.45, 7) is 0. The number of likely N-dealkylation sites (tertiary alicyclic amines) is 1. The Hall–Kier alpha value is -3.07. The molecule has 2 heterocycles. The number of hydrogen-bond acceptors (Lipinski definition) is 6. The van der Waals surface area contributed by atoms with Gasteiger partial charge >= 0.3 is 0 Å². The Kier molecular flexibility index (Phi) is 5.85. The highest BCUT2D eigenvalue weighted by atomic mass is 35.5. The van der Waals surface area contributed by atoms with Crippen LogP contribution in [-0.4, -0.2) is 57.5 Å². The third-order valence-corrected chi connectivity index (χ3v) is 10.3. The lowest BCUT2D eigenvalue weighted by Gasteiger charge is -2.50. The van der Waals surface area contributed by atoms with Crippen LogP contribution < -0.4 is 9.64 Å². The number of aromatic hydroxyl groups is 1. The minimum Gasteiger partial charge on any atom is -0.504 e. The van der Waals surface area contributed by atoms with Crippen LogP contribution in [0.25, 0.3) is 0 Å². The molecular formula is C28H23Cl3N2O6. The summed E-state index contributed by atoms with van der Waals surface area (Å²) in [4.78, 5) is 52.7. The zero-order chi connectivity index (χ0) is 28.0. The molecule has 2 saturated heterocycles. The summed E-state index contributed by atoms with van der Waals surface area (Å²) in [7, 11) is 2.70. The highest BCUT2D eigenvalue weighted by Crippen LogP contribution is 2.66. The molecule has 4 aliphatic rings. The number of benzene rings is 2. The molecule has 2 aromatic carbocycles. The Morgan fingerprint density at radius 1 is 0.974 bits per heavy atom. The number of nitrogens with zero attached hydrogens (tertiary/aromatic N) is 2. The van der Waals surface area contributed by atoms with Crippen molar-refractivity contribution in [3.8, 4) is 11.5 Å². The molecule has 202 valence electrons. The summed E-state index contributed by atoms with van der Waals surface area (Å²) in [5.41, 5.74) is 1.22. The van der Waals surface area contributed by atoms with Crippen molar-refractivity contribution < 1.29 is 29.0 Å². The normalized spacial score (nSPS) is 33.6. The SMILES string of the molecule is COc1cccc([C@H]2C3=CC[C@@H]4C(=O)N(c5ccc(Cl)cc5)C(=O)[C@@H]4[C@@H]3C[C@@]3(Cl)C(=O)N(C)C(=O)[C@@]23Cl)c1O. The minimum atomic E-state index is -1.99. The lowest BCUT2D eigenvalue weighted by atomic mass is 9.56. The summed E-state index contributed by atoms with van der Waals surface area (Å²) in [6.07, 6.45) is 1.89. The second kappa shape index (κ2) is 8.71. The number of phenolic OH excluding ortho intramolecular Hbond substituents is 1. The number of ether oxygens (including phenoxy) is 1. The fourth-order valence-corrected chi connectivity index (χ4v) is 8.01. The van der Waals surface area contributed by atoms with E-state index in [1.807, 2.05) is 6.08 Å². The maximum atomic E-state index is 13.9. The first-order valence-corrected chi connectivity index (χ1v) is 13.5. The molecule has 6 rings (SSSR count). The predicted molar refractivity (Wildman–Crippen MR) is 144 cm³/mol. The average molecular weight is 590 g/mol. The van der Waals surface area contributed by atoms with Crippen molar-refractivity contribution in [1.29, 1.82) is 0 Å². The number of phenols is 1. The number of alkyl halides is 2. The van der Waals surface area contributed by atoms with E-state index in [0.29, 0.717) is 16.3 Å². The van der Waals surface area contributed by atoms with Gasteiger partial charge in [0.15, 0.2) is 21.2 Å². The van der Waals surface area contributed by atoms with Gasteiger partial charge in [-0.05, 0) is 49.1 Å². The average Bonchev–Trinajstić information content (AvgIpc) is 3.25. The smallest absolute Gasteiger partial charge is 0.253 e. The van der Waals surface area contributed by atoms with Gasteiger partial charge in [-0.2, -0.15) is 0 Å². The van der Waals surface area contributed by atoms with Crippen LogP contribution in [0, 0.1) is 17.8 Å². The van der Waals surface area contributed by atoms with Gasteiger partial charge in [0, 0.05) is 23.6 Å². The molecule has 0 aromatic heterocycles. The quantitative estimate of drug-likeness (QED) is 0.326. The lowest BCUT2D eigenvalue weighted by molar-refractivity contribution is -0.138. The van der Waals surface area contributed by atoms with Crippen molar-refractivity contribution in [1.82, 2.24) is 4.90 Å². The standard InChI is InChI=1S/C28H23Cl3N2O6/c1-32-25(37)27(30)12-18-15(21(28(27,31)26(32)38)17-4-3-5-19(39-2)22(17)34)10-11-16-20(18)24(36)33(23(16)35)14-8-6-13(29)7-9-14/h3-10,16,18,20-21,34H,11-12H2,1-2H3/t16-,18+,20-,21+,27+,28-/m0/s1. The number of rotatable bonds is 3. The van der Waals surface area contributed by atoms with E-state index in [0.717, 1.165) is 9.80 Å². The maximum Gasteiger partial charge on any atom is 0.253 e. The number of methoxy groups -OCH3 is 1. The molecule has 8 nitrogen and oxygen atoms in total. The molecule has 1 N–H and O–H groups in total. The van der Waals surface area contributed by atoms with E-state index in [1.165, 1.54) is 14.2 Å². The van der Waals surface area contributed by atoms with Crippen LogP contribution in [0.2, 0.25) is 5.02 Å². The first-order valence-electron chi connectivity index (χ1n) is 12.4. The first-order chi connectivity index (χ1) is 18.5. The Bertz CT molecular complexity index is 1490. The summed E-state index contributed by atoms with van der Waals surface area (Å²) < 4.78 is 5.30. The van der Waals surface area contributed by atoms with Crippen LogP contribution in [0.5, 0.6) is 11.5 Å². The van der Waals surface area contributed by atoms with Crippen molar-refractivity contribution in [2.24, 2.45) is 17.8 Å². The number of anilines is 1. The van der Waals surface area contributed by atoms with E-state index < -0.39 is 51.1 Å². The van der Waals surface area contributed by atoms with Crippen LogP contribution in [0.3, 0.4) is 0 Å². The number of carbonyl (C=O) groups is 4. The second-order valence-corrected chi connectivity index (χ2v) is 12.1. The van der Waals surface area contributed by atoms with Crippen LogP contribution in [0.1, 0.15) is 24.3 Å². The Balaban J connectivity index is 1.53. The van der Waals surface area contributed by atoms with Gasteiger partial charge in [0.05, 0.1) is 24.6 Å². The first kappa shape index (κ1) is 26.2. The number of halogens is 3. The highest BCUT2D eigenvalue weighted by molar-refractivity contribution is 6.53. The van der Waals surface area contributed by atoms with Gasteiger partial charge < -0.3 is 9.84 Å². The molecule has 0 bridgehead atoms. The van der Waals surface area contributed by atoms with Gasteiger partial charge in [-0.3, -0.25) is 29.0 Å². The van der Waals surface area contributed by atoms with Crippen LogP contribution in [0.4, 0.5) is 5.69 Å². The van der Waals surface area contributed by atoms with E-state index in [4.69, 9.17) is 39.5 Å². The molecule has 2 aliphatic carbocycles. The van der Waals surface area contributed by atoms with E-state index in [2.05, 4.69) is 0 Å². The number of hydrogen-bond donors (Lipinski definition) is 1. The molecule has 3 fully saturated rings. The molecule has 39 heavy (non-hydrogen) atoms. The molecule has 4 amide bonds. The second-order valence-electron chi connectivity index (χ2n) is 10.4. The van der Waals surface area contributed by atoms with Crippen molar-refractivity contribution in [3.05, 3.63) is 64.7 Å². The molecule has 0 unspecified atom stereocenters. The van der Waals surface area contributed by atoms with Gasteiger partial charge in [0.1, 0.15) is 0 Å². The number of para-hydroxylation sites is 1. The molecule has 2 aromatic rings. The molecule has 0 radical (unpaired) electrons. The summed E-state index contributed by atoms with van der Waals surface area (Å²) in [6, 6.07) is 11.2. The fourth-order valence-electron chi connectivity index (χ4n) is 6.87. The zero-order valence-electron chi connectivity index (χ0n) is 20.9. The Morgan fingerprint density at radius 2 is 1.67 bits per heavy atom. The van der Waals surface area contributed by atoms with Crippen molar-refractivity contribution in [2.45, 2.75) is 28.5 Å². The number of amides is 4. The Labute approximate surface area is 239 Å². The van der Waals surface area contributed by atoms with E-state index in [9.17, 15) is 24.3 Å². The molecule has 1 saturated carbocycles. The minimum absolute atomic E-state index is 0.130. The monoisotopic (exact) mass is 588 g/mol. The third-order valence-electron chi connectivity index (χ3n) is 8.66. The fraction of sp³-hybridized carbons (Fsp3) is 0.357. The number of fused-ring (bicyclic) bond motifs is 4. The molecule has 2 aliphatic heterocycles. The highest BCUT2D eigenvalue weighted by Gasteiger charge is 2.76. The van der Waals surface area contributed by atoms with Crippen LogP contribution in [0.15, 0.2) is 54.1 Å². The van der Waals surface area contributed by atoms with Gasteiger partial charge in [0.2, 0.25) is 11.8 Å². The van der Waals surface area contributed by atoms with E-state index in [-0.39, 0.29) is 35.8 Å². The van der Waals surface area contributed by atoms with Gasteiger partial charge in [-0.25, -0.2) is 0 Å². The van der Waals surface area contributed by atoms with Gasteiger partial charge in [-0.15, -0.1) is 23.2 Å². The van der Waals surface area contributed by atoms with Crippen molar-refractivity contribution in [3.63, 3.8) is 0 Å². The molecule has 6 atom stereocenters. The van der Waals surface area contributed by atoms with Gasteiger partial charge in [-0.1, -0.05) is 35.4 Å². The lowest BCUT2D eigenvalue weighted by Crippen LogP contribution is -2.60. The molecule has 0 spiro atoms. The molecular weight excluding hydrogens is 567 g/mol. The predicted octanol–water partition coefficient (Wildman–Crippen LogP) is 4.25. The van der Waals surface area contributed by atoms with Crippen LogP contribution in [-0.2, 0) is 19.2 Å². The van der Waals surface area contributed by atoms with Crippen molar-refractivity contribution >= 4 is 64.1 Å². The summed E-state index contributed by atoms with van der Waals surface area (Å²) in [5.74, 6) is -5.57. The summed E-state index contributed by atoms with van der Waals surface area (Å²) in [5, 5.41) is 11.6. The van der Waals surface area contributed by atoms with E-state index in [1.54, 1.807) is 42.5 Å². The number of imide groups is 2. The third kappa shape index (κ3) is 3.25. The van der Waals surface area contributed by atoms with Gasteiger partial charge in [0.25, 0.3) is 11.8 Å². The van der Waals surface area contributed by atoms with E-state index >= 15 is 0 Å². The topological polar surface area (TPSA) is 104 Å².